The van der Waals surface area contributed by atoms with Crippen LogP contribution >= 0.6 is 11.6 Å². The van der Waals surface area contributed by atoms with Gasteiger partial charge in [-0.25, -0.2) is 4.68 Å². The molecule has 0 fully saturated rings. The molecule has 154 valence electrons. The Morgan fingerprint density at radius 2 is 2.07 bits per heavy atom. The van der Waals surface area contributed by atoms with Crippen molar-refractivity contribution in [3.05, 3.63) is 46.7 Å². The first-order valence-corrected chi connectivity index (χ1v) is 9.33. The number of ether oxygens (including phenoxy) is 1. The molecule has 9 heteroatoms. The molecule has 0 aliphatic carbocycles. The summed E-state index contributed by atoms with van der Waals surface area (Å²) in [5, 5.41) is 6.57. The first kappa shape index (κ1) is 22.2. The first-order chi connectivity index (χ1) is 13.1. The summed E-state index contributed by atoms with van der Waals surface area (Å²) >= 11 is 5.87. The fourth-order valence-electron chi connectivity index (χ4n) is 2.84. The van der Waals surface area contributed by atoms with Gasteiger partial charge in [-0.3, -0.25) is 4.79 Å². The lowest BCUT2D eigenvalue weighted by Gasteiger charge is -2.21. The summed E-state index contributed by atoms with van der Waals surface area (Å²) < 4.78 is 47.2. The number of benzene rings is 1. The Kier molecular flexibility index (Phi) is 7.48. The minimum atomic E-state index is -4.77. The van der Waals surface area contributed by atoms with Crippen LogP contribution < -0.4 is 5.32 Å². The minimum Gasteiger partial charge on any atom is -0.378 e. The molecule has 0 bridgehead atoms. The maximum absolute atomic E-state index is 13.7. The number of halogens is 4. The van der Waals surface area contributed by atoms with Crippen molar-refractivity contribution in [2.24, 2.45) is 5.92 Å². The van der Waals surface area contributed by atoms with Gasteiger partial charge in [-0.05, 0) is 37.5 Å². The highest BCUT2D eigenvalue weighted by Gasteiger charge is 2.40. The number of nitrogens with one attached hydrogen (secondary N) is 1. The van der Waals surface area contributed by atoms with Gasteiger partial charge in [-0.15, -0.1) is 0 Å². The molecule has 1 aromatic carbocycles. The standard InChI is InChI=1S/C19H23ClF3N3O2/c1-4-28-16(12(2)3)8-9-24-18(27)15-11-25-26(17(15)19(21,22)23)14-7-5-6-13(20)10-14/h5-7,10-12,16H,4,8-9H2,1-3H3,(H,24,27)/t16-/m0/s1. The van der Waals surface area contributed by atoms with E-state index in [2.05, 4.69) is 10.4 Å². The highest BCUT2D eigenvalue weighted by Crippen LogP contribution is 2.34. The second-order valence-corrected chi connectivity index (χ2v) is 7.02. The molecule has 0 unspecified atom stereocenters. The van der Waals surface area contributed by atoms with Gasteiger partial charge in [0.15, 0.2) is 5.69 Å². The van der Waals surface area contributed by atoms with Crippen LogP contribution in [0, 0.1) is 5.92 Å². The largest absolute Gasteiger partial charge is 0.434 e. The third-order valence-corrected chi connectivity index (χ3v) is 4.41. The van der Waals surface area contributed by atoms with Gasteiger partial charge in [0.05, 0.1) is 23.6 Å². The van der Waals surface area contributed by atoms with Crippen LogP contribution in [0.1, 0.15) is 43.2 Å². The molecule has 0 spiro atoms. The molecule has 0 aliphatic rings. The van der Waals surface area contributed by atoms with Crippen LogP contribution in [0.4, 0.5) is 13.2 Å². The zero-order valence-electron chi connectivity index (χ0n) is 15.9. The average molecular weight is 418 g/mol. The smallest absolute Gasteiger partial charge is 0.378 e. The lowest BCUT2D eigenvalue weighted by atomic mass is 10.0. The lowest BCUT2D eigenvalue weighted by molar-refractivity contribution is -0.143. The summed E-state index contributed by atoms with van der Waals surface area (Å²) in [6, 6.07) is 5.84. The fourth-order valence-corrected chi connectivity index (χ4v) is 3.02. The van der Waals surface area contributed by atoms with Gasteiger partial charge in [0, 0.05) is 18.2 Å². The third kappa shape index (κ3) is 5.48. The van der Waals surface area contributed by atoms with E-state index in [9.17, 15) is 18.0 Å². The number of carbonyl (C=O) groups excluding carboxylic acids is 1. The van der Waals surface area contributed by atoms with Crippen molar-refractivity contribution >= 4 is 17.5 Å². The van der Waals surface area contributed by atoms with Gasteiger partial charge in [-0.1, -0.05) is 31.5 Å². The second-order valence-electron chi connectivity index (χ2n) is 6.58. The predicted octanol–water partition coefficient (Wildman–Crippen LogP) is 4.73. The quantitative estimate of drug-likeness (QED) is 0.675. The molecule has 1 amide bonds. The van der Waals surface area contributed by atoms with Gasteiger partial charge in [-0.2, -0.15) is 18.3 Å². The monoisotopic (exact) mass is 417 g/mol. The maximum atomic E-state index is 13.7. The van der Waals surface area contributed by atoms with E-state index in [4.69, 9.17) is 16.3 Å². The molecule has 0 radical (unpaired) electrons. The average Bonchev–Trinajstić information content (AvgIpc) is 3.06. The van der Waals surface area contributed by atoms with Crippen molar-refractivity contribution in [1.82, 2.24) is 15.1 Å². The van der Waals surface area contributed by atoms with Crippen molar-refractivity contribution in [3.63, 3.8) is 0 Å². The highest BCUT2D eigenvalue weighted by atomic mass is 35.5. The van der Waals surface area contributed by atoms with Crippen LogP contribution in [0.5, 0.6) is 0 Å². The van der Waals surface area contributed by atoms with Gasteiger partial charge in [0.25, 0.3) is 5.91 Å². The van der Waals surface area contributed by atoms with Crippen molar-refractivity contribution in [2.75, 3.05) is 13.2 Å². The Bertz CT molecular complexity index is 806. The lowest BCUT2D eigenvalue weighted by Crippen LogP contribution is -2.31. The number of aromatic nitrogens is 2. The van der Waals surface area contributed by atoms with Crippen LogP contribution in [0.25, 0.3) is 5.69 Å². The van der Waals surface area contributed by atoms with E-state index in [1.54, 1.807) is 6.07 Å². The first-order valence-electron chi connectivity index (χ1n) is 8.96. The minimum absolute atomic E-state index is 0.0819. The van der Waals surface area contributed by atoms with Crippen LogP contribution in [0.15, 0.2) is 30.5 Å². The Morgan fingerprint density at radius 1 is 1.36 bits per heavy atom. The number of rotatable bonds is 8. The molecule has 0 saturated carbocycles. The summed E-state index contributed by atoms with van der Waals surface area (Å²) in [7, 11) is 0. The summed E-state index contributed by atoms with van der Waals surface area (Å²) in [4.78, 5) is 12.4. The van der Waals surface area contributed by atoms with Crippen LogP contribution in [-0.4, -0.2) is 34.9 Å². The van der Waals surface area contributed by atoms with E-state index in [0.29, 0.717) is 17.7 Å². The maximum Gasteiger partial charge on any atom is 0.434 e. The normalized spacial score (nSPS) is 13.0. The van der Waals surface area contributed by atoms with Crippen molar-refractivity contribution in [1.29, 1.82) is 0 Å². The Hall–Kier alpha value is -2.06. The molecule has 2 aromatic rings. The van der Waals surface area contributed by atoms with E-state index < -0.39 is 23.3 Å². The highest BCUT2D eigenvalue weighted by molar-refractivity contribution is 6.30. The molecule has 0 saturated heterocycles. The van der Waals surface area contributed by atoms with Crippen molar-refractivity contribution < 1.29 is 22.7 Å². The van der Waals surface area contributed by atoms with Crippen molar-refractivity contribution in [2.45, 2.75) is 39.5 Å². The Balaban J connectivity index is 2.22. The molecule has 2 rings (SSSR count). The third-order valence-electron chi connectivity index (χ3n) is 4.17. The number of alkyl halides is 3. The molecular weight excluding hydrogens is 395 g/mol. The summed E-state index contributed by atoms with van der Waals surface area (Å²) in [6.07, 6.45) is -3.43. The van der Waals surface area contributed by atoms with E-state index in [0.717, 1.165) is 6.20 Å². The number of hydrogen-bond donors (Lipinski definition) is 1. The van der Waals surface area contributed by atoms with Gasteiger partial charge < -0.3 is 10.1 Å². The number of nitrogens with zero attached hydrogens (tertiary/aromatic N) is 2. The Labute approximate surface area is 166 Å². The zero-order valence-corrected chi connectivity index (χ0v) is 16.6. The second kappa shape index (κ2) is 9.43. The van der Waals surface area contributed by atoms with E-state index >= 15 is 0 Å². The summed E-state index contributed by atoms with van der Waals surface area (Å²) in [6.45, 7) is 6.56. The van der Waals surface area contributed by atoms with Crippen LogP contribution in [-0.2, 0) is 10.9 Å². The van der Waals surface area contributed by atoms with E-state index in [1.807, 2.05) is 20.8 Å². The predicted molar refractivity (Wildman–Crippen MR) is 101 cm³/mol. The molecule has 0 aliphatic heterocycles. The molecule has 1 heterocycles. The van der Waals surface area contributed by atoms with E-state index in [1.165, 1.54) is 18.2 Å². The van der Waals surface area contributed by atoms with Gasteiger partial charge in [0.1, 0.15) is 0 Å². The fraction of sp³-hybridized carbons (Fsp3) is 0.474. The summed E-state index contributed by atoms with van der Waals surface area (Å²) in [5.74, 6) is -0.604. The summed E-state index contributed by atoms with van der Waals surface area (Å²) in [5.41, 5.74) is -1.56. The topological polar surface area (TPSA) is 56.1 Å². The van der Waals surface area contributed by atoms with Crippen molar-refractivity contribution in [3.8, 4) is 5.69 Å². The molecule has 1 atom stereocenters. The Morgan fingerprint density at radius 3 is 2.64 bits per heavy atom. The number of carbonyl (C=O) groups is 1. The van der Waals surface area contributed by atoms with Gasteiger partial charge in [0.2, 0.25) is 0 Å². The molecule has 1 N–H and O–H groups in total. The molecule has 28 heavy (non-hydrogen) atoms. The SMILES string of the molecule is CCO[C@@H](CCNC(=O)c1cnn(-c2cccc(Cl)c2)c1C(F)(F)F)C(C)C. The molecule has 5 nitrogen and oxygen atoms in total. The van der Waals surface area contributed by atoms with Gasteiger partial charge >= 0.3 is 6.18 Å². The number of amides is 1. The molecule has 1 aromatic heterocycles. The van der Waals surface area contributed by atoms with E-state index in [-0.39, 0.29) is 29.3 Å². The molecular formula is C19H23ClF3N3O2. The van der Waals surface area contributed by atoms with Crippen LogP contribution in [0.2, 0.25) is 5.02 Å². The van der Waals surface area contributed by atoms with Crippen LogP contribution in [0.3, 0.4) is 0 Å². The number of hydrogen-bond acceptors (Lipinski definition) is 3. The zero-order chi connectivity index (χ0) is 20.9.